The Bertz CT molecular complexity index is 1130. The number of hydrogen-bond acceptors (Lipinski definition) is 5. The molecule has 1 aromatic heterocycles. The van der Waals surface area contributed by atoms with Gasteiger partial charge in [-0.1, -0.05) is 29.8 Å². The molecular weight excluding hydrogens is 414 g/mol. The molecule has 2 aromatic carbocycles. The number of hydrogen-bond donors (Lipinski definition) is 2. The number of halogens is 1. The minimum Gasteiger partial charge on any atom is -0.491 e. The average Bonchev–Trinajstić information content (AvgIpc) is 3.04. The predicted molar refractivity (Wildman–Crippen MR) is 113 cm³/mol. The van der Waals surface area contributed by atoms with Gasteiger partial charge in [0, 0.05) is 29.2 Å². The Kier molecular flexibility index (Phi) is 5.44. The molecule has 0 aliphatic carbocycles. The Morgan fingerprint density at radius 2 is 2.07 bits per heavy atom. The van der Waals surface area contributed by atoms with E-state index in [-0.39, 0.29) is 30.7 Å². The largest absolute Gasteiger partial charge is 0.491 e. The maximum atomic E-state index is 13.5. The minimum absolute atomic E-state index is 0.200. The molecule has 29 heavy (non-hydrogen) atoms. The first kappa shape index (κ1) is 20.0. The lowest BCUT2D eigenvalue weighted by atomic mass is 10.2. The maximum Gasteiger partial charge on any atom is 0.245 e. The van der Waals surface area contributed by atoms with Crippen LogP contribution in [0.2, 0.25) is 5.02 Å². The van der Waals surface area contributed by atoms with Crippen molar-refractivity contribution in [2.75, 3.05) is 32.0 Å². The zero-order valence-corrected chi connectivity index (χ0v) is 17.5. The van der Waals surface area contributed by atoms with Gasteiger partial charge in [-0.05, 0) is 31.2 Å². The molecule has 0 bridgehead atoms. The molecule has 4 rings (SSSR count). The highest BCUT2D eigenvalue weighted by Crippen LogP contribution is 2.34. The second-order valence-corrected chi connectivity index (χ2v) is 9.29. The van der Waals surface area contributed by atoms with Crippen LogP contribution in [0.15, 0.2) is 47.4 Å². The van der Waals surface area contributed by atoms with Gasteiger partial charge in [0.05, 0.1) is 17.8 Å². The first-order chi connectivity index (χ1) is 13.9. The summed E-state index contributed by atoms with van der Waals surface area (Å²) < 4.78 is 39.8. The van der Waals surface area contributed by atoms with Gasteiger partial charge in [-0.3, -0.25) is 0 Å². The molecule has 1 fully saturated rings. The summed E-state index contributed by atoms with van der Waals surface area (Å²) in [6.07, 6.45) is -0.363. The molecule has 1 atom stereocenters. The molecule has 7 nitrogen and oxygen atoms in total. The van der Waals surface area contributed by atoms with Crippen molar-refractivity contribution >= 4 is 38.2 Å². The lowest BCUT2D eigenvalue weighted by Crippen LogP contribution is -2.47. The lowest BCUT2D eigenvalue weighted by molar-refractivity contribution is -0.0249. The van der Waals surface area contributed by atoms with Crippen LogP contribution < -0.4 is 10.5 Å². The number of H-pyrrole nitrogens is 1. The third kappa shape index (κ3) is 3.93. The van der Waals surface area contributed by atoms with Crippen molar-refractivity contribution in [1.82, 2.24) is 9.29 Å². The molecular formula is C20H22ClN3O4S. The number of morpholine rings is 1. The number of anilines is 1. The fourth-order valence-electron chi connectivity index (χ4n) is 3.57. The van der Waals surface area contributed by atoms with Crippen LogP contribution in [0.4, 0.5) is 5.69 Å². The lowest BCUT2D eigenvalue weighted by Gasteiger charge is -2.32. The van der Waals surface area contributed by atoms with Crippen LogP contribution in [0.5, 0.6) is 5.75 Å². The molecule has 1 saturated heterocycles. The highest BCUT2D eigenvalue weighted by Gasteiger charge is 2.34. The second kappa shape index (κ2) is 7.87. The standard InChI is InChI=1S/C20H22ClN3O4S/c1-13-20(17-9-14(21)10-18(22)19(17)23-13)29(25,26)24-7-8-27-16(11-24)12-28-15-5-3-2-4-6-15/h2-6,9-10,16,23H,7-8,11-12,22H2,1H3. The van der Waals surface area contributed by atoms with Crippen molar-refractivity contribution in [3.63, 3.8) is 0 Å². The number of nitrogens with one attached hydrogen (secondary N) is 1. The molecule has 0 saturated carbocycles. The fourth-order valence-corrected chi connectivity index (χ4v) is 5.61. The molecule has 0 radical (unpaired) electrons. The Morgan fingerprint density at radius 1 is 1.31 bits per heavy atom. The van der Waals surface area contributed by atoms with E-state index in [1.807, 2.05) is 30.3 Å². The summed E-state index contributed by atoms with van der Waals surface area (Å²) in [5, 5.41) is 0.887. The Labute approximate surface area is 174 Å². The van der Waals surface area contributed by atoms with Crippen molar-refractivity contribution in [3.8, 4) is 5.75 Å². The number of para-hydroxylation sites is 1. The molecule has 3 aromatic rings. The molecule has 0 amide bonds. The molecule has 9 heteroatoms. The van der Waals surface area contributed by atoms with E-state index < -0.39 is 10.0 Å². The zero-order valence-electron chi connectivity index (χ0n) is 15.9. The number of nitrogens with zero attached hydrogens (tertiary/aromatic N) is 1. The topological polar surface area (TPSA) is 97.7 Å². The van der Waals surface area contributed by atoms with E-state index in [1.54, 1.807) is 19.1 Å². The summed E-state index contributed by atoms with van der Waals surface area (Å²) in [6, 6.07) is 12.6. The molecule has 3 N–H and O–H groups in total. The van der Waals surface area contributed by atoms with Crippen molar-refractivity contribution in [2.45, 2.75) is 17.9 Å². The van der Waals surface area contributed by atoms with Crippen molar-refractivity contribution in [2.24, 2.45) is 0 Å². The smallest absolute Gasteiger partial charge is 0.245 e. The number of aromatic amines is 1. The molecule has 1 unspecified atom stereocenters. The van der Waals surface area contributed by atoms with Crippen LogP contribution in [0.3, 0.4) is 0 Å². The van der Waals surface area contributed by atoms with Gasteiger partial charge >= 0.3 is 0 Å². The minimum atomic E-state index is -3.77. The third-order valence-electron chi connectivity index (χ3n) is 4.91. The van der Waals surface area contributed by atoms with Gasteiger partial charge in [-0.2, -0.15) is 4.31 Å². The molecule has 2 heterocycles. The van der Waals surface area contributed by atoms with Gasteiger partial charge in [0.15, 0.2) is 0 Å². The molecule has 1 aliphatic heterocycles. The first-order valence-electron chi connectivity index (χ1n) is 9.23. The van der Waals surface area contributed by atoms with Crippen LogP contribution in [-0.2, 0) is 14.8 Å². The van der Waals surface area contributed by atoms with Crippen molar-refractivity contribution in [1.29, 1.82) is 0 Å². The van der Waals surface area contributed by atoms with Gasteiger partial charge in [0.25, 0.3) is 0 Å². The van der Waals surface area contributed by atoms with E-state index in [9.17, 15) is 8.42 Å². The second-order valence-electron chi connectivity index (χ2n) is 6.98. The van der Waals surface area contributed by atoms with Gasteiger partial charge in [0.1, 0.15) is 23.4 Å². The van der Waals surface area contributed by atoms with Crippen molar-refractivity contribution < 1.29 is 17.9 Å². The SMILES string of the molecule is Cc1[nH]c2c(N)cc(Cl)cc2c1S(=O)(=O)N1CCOC(COc2ccccc2)C1. The Morgan fingerprint density at radius 3 is 2.83 bits per heavy atom. The molecule has 1 aliphatic rings. The molecule has 154 valence electrons. The van der Waals surface area contributed by atoms with Crippen LogP contribution >= 0.6 is 11.6 Å². The maximum absolute atomic E-state index is 13.5. The van der Waals surface area contributed by atoms with E-state index in [4.69, 9.17) is 26.8 Å². The van der Waals surface area contributed by atoms with E-state index >= 15 is 0 Å². The Balaban J connectivity index is 1.59. The first-order valence-corrected chi connectivity index (χ1v) is 11.0. The van der Waals surface area contributed by atoms with Crippen molar-refractivity contribution in [3.05, 3.63) is 53.2 Å². The number of rotatable bonds is 5. The number of aromatic nitrogens is 1. The highest BCUT2D eigenvalue weighted by molar-refractivity contribution is 7.89. The van der Waals surface area contributed by atoms with Gasteiger partial charge in [-0.15, -0.1) is 0 Å². The van der Waals surface area contributed by atoms with Crippen LogP contribution in [0.25, 0.3) is 10.9 Å². The quantitative estimate of drug-likeness (QED) is 0.600. The number of benzene rings is 2. The summed E-state index contributed by atoms with van der Waals surface area (Å²) in [5.74, 6) is 0.716. The van der Waals surface area contributed by atoms with Crippen LogP contribution in [0, 0.1) is 6.92 Å². The van der Waals surface area contributed by atoms with Gasteiger partial charge < -0.3 is 20.2 Å². The highest BCUT2D eigenvalue weighted by atomic mass is 35.5. The number of nitrogen functional groups attached to an aromatic ring is 1. The summed E-state index contributed by atoms with van der Waals surface area (Å²) >= 11 is 6.12. The monoisotopic (exact) mass is 435 g/mol. The van der Waals surface area contributed by atoms with E-state index in [0.29, 0.717) is 39.7 Å². The number of aryl methyl sites for hydroxylation is 1. The summed E-state index contributed by atoms with van der Waals surface area (Å²) in [5.41, 5.74) is 7.53. The van der Waals surface area contributed by atoms with E-state index in [0.717, 1.165) is 0 Å². The van der Waals surface area contributed by atoms with Gasteiger partial charge in [-0.25, -0.2) is 8.42 Å². The summed E-state index contributed by atoms with van der Waals surface area (Å²) in [7, 11) is -3.77. The van der Waals surface area contributed by atoms with E-state index in [1.165, 1.54) is 4.31 Å². The van der Waals surface area contributed by atoms with E-state index in [2.05, 4.69) is 4.98 Å². The zero-order chi connectivity index (χ0) is 20.6. The number of nitrogens with two attached hydrogens (primary N) is 1. The number of fused-ring (bicyclic) bond motifs is 1. The van der Waals surface area contributed by atoms with Gasteiger partial charge in [0.2, 0.25) is 10.0 Å². The van der Waals surface area contributed by atoms with Crippen LogP contribution in [0.1, 0.15) is 5.69 Å². The fraction of sp³-hybridized carbons (Fsp3) is 0.300. The summed E-state index contributed by atoms with van der Waals surface area (Å²) in [6.45, 7) is 2.76. The number of ether oxygens (including phenoxy) is 2. The average molecular weight is 436 g/mol. The Hall–Kier alpha value is -2.26. The third-order valence-corrected chi connectivity index (χ3v) is 7.18. The summed E-state index contributed by atoms with van der Waals surface area (Å²) in [4.78, 5) is 3.28. The predicted octanol–water partition coefficient (Wildman–Crippen LogP) is 3.18. The van der Waals surface area contributed by atoms with Crippen LogP contribution in [-0.4, -0.2) is 50.1 Å². The number of sulfonamides is 1. The normalized spacial score (nSPS) is 18.2. The molecule has 0 spiro atoms.